The first-order chi connectivity index (χ1) is 10.6. The topological polar surface area (TPSA) is 96.6 Å². The van der Waals surface area contributed by atoms with Gasteiger partial charge in [-0.2, -0.15) is 0 Å². The smallest absolute Gasteiger partial charge is 0.240 e. The van der Waals surface area contributed by atoms with Crippen molar-refractivity contribution in [3.05, 3.63) is 29.8 Å². The van der Waals surface area contributed by atoms with E-state index in [-0.39, 0.29) is 4.90 Å². The number of hydrogen-bond donors (Lipinski definition) is 3. The van der Waals surface area contributed by atoms with Crippen molar-refractivity contribution in [1.29, 1.82) is 0 Å². The van der Waals surface area contributed by atoms with Crippen molar-refractivity contribution < 1.29 is 8.42 Å². The van der Waals surface area contributed by atoms with Crippen molar-refractivity contribution in [2.45, 2.75) is 30.6 Å². The summed E-state index contributed by atoms with van der Waals surface area (Å²) in [6.45, 7) is 2.75. The van der Waals surface area contributed by atoms with Crippen LogP contribution in [-0.2, 0) is 10.0 Å². The molecule has 2 rings (SSSR count). The van der Waals surface area contributed by atoms with Gasteiger partial charge >= 0.3 is 0 Å². The fraction of sp³-hybridized carbons (Fsp3) is 0.533. The van der Waals surface area contributed by atoms with Crippen LogP contribution in [0.25, 0.3) is 0 Å². The van der Waals surface area contributed by atoms with Crippen LogP contribution in [0, 0.1) is 0 Å². The third kappa shape index (κ3) is 4.79. The summed E-state index contributed by atoms with van der Waals surface area (Å²) in [6, 6.07) is 6.81. The highest BCUT2D eigenvalue weighted by atomic mass is 32.2. The van der Waals surface area contributed by atoms with E-state index in [0.717, 1.165) is 50.2 Å². The number of amidine groups is 1. The van der Waals surface area contributed by atoms with E-state index >= 15 is 0 Å². The molecule has 0 aromatic heterocycles. The first-order valence-corrected chi connectivity index (χ1v) is 9.20. The van der Waals surface area contributed by atoms with Crippen molar-refractivity contribution in [3.8, 4) is 0 Å². The molecule has 1 heterocycles. The van der Waals surface area contributed by atoms with E-state index in [9.17, 15) is 8.42 Å². The van der Waals surface area contributed by atoms with E-state index in [1.165, 1.54) is 0 Å². The zero-order valence-corrected chi connectivity index (χ0v) is 13.5. The number of hydrogen-bond acceptors (Lipinski definition) is 5. The molecule has 1 aliphatic rings. The van der Waals surface area contributed by atoms with Gasteiger partial charge in [0, 0.05) is 18.7 Å². The van der Waals surface area contributed by atoms with Crippen LogP contribution in [0.15, 0.2) is 34.2 Å². The molecule has 22 heavy (non-hydrogen) atoms. The number of nitrogens with two attached hydrogens (primary N) is 1. The Bertz CT molecular complexity index is 596. The maximum Gasteiger partial charge on any atom is 0.240 e. The van der Waals surface area contributed by atoms with E-state index in [1.807, 2.05) is 0 Å². The van der Waals surface area contributed by atoms with Crippen molar-refractivity contribution in [1.82, 2.24) is 10.0 Å². The second kappa shape index (κ2) is 8.26. The lowest BCUT2D eigenvalue weighted by atomic mass is 10.2. The molecule has 1 aromatic carbocycles. The number of nitrogens with one attached hydrogen (secondary N) is 2. The molecule has 0 unspecified atom stereocenters. The summed E-state index contributed by atoms with van der Waals surface area (Å²) >= 11 is 0. The van der Waals surface area contributed by atoms with Gasteiger partial charge in [-0.1, -0.05) is 12.8 Å². The molecule has 0 bridgehead atoms. The Hall–Kier alpha value is -1.44. The third-order valence-corrected chi connectivity index (χ3v) is 5.01. The number of aliphatic imine (C=N–C) groups is 1. The molecule has 0 saturated carbocycles. The summed E-state index contributed by atoms with van der Waals surface area (Å²) in [7, 11) is -3.43. The average Bonchev–Trinajstić information content (AvgIpc) is 3.05. The summed E-state index contributed by atoms with van der Waals surface area (Å²) in [5.74, 6) is 0.830. The van der Waals surface area contributed by atoms with E-state index < -0.39 is 10.0 Å². The summed E-state index contributed by atoms with van der Waals surface area (Å²) in [4.78, 5) is 4.60. The van der Waals surface area contributed by atoms with Crippen molar-refractivity contribution in [2.24, 2.45) is 10.7 Å². The molecular weight excluding hydrogens is 300 g/mol. The summed E-state index contributed by atoms with van der Waals surface area (Å²) < 4.78 is 27.0. The monoisotopic (exact) mass is 324 g/mol. The highest BCUT2D eigenvalue weighted by molar-refractivity contribution is 7.89. The van der Waals surface area contributed by atoms with Crippen LogP contribution in [0.1, 0.15) is 31.2 Å². The minimum absolute atomic E-state index is 0.289. The maximum absolute atomic E-state index is 12.2. The average molecular weight is 324 g/mol. The maximum atomic E-state index is 12.2. The molecule has 7 heteroatoms. The van der Waals surface area contributed by atoms with Crippen LogP contribution in [0.3, 0.4) is 0 Å². The van der Waals surface area contributed by atoms with Crippen LogP contribution in [0.4, 0.5) is 0 Å². The van der Waals surface area contributed by atoms with Crippen LogP contribution in [0.5, 0.6) is 0 Å². The van der Waals surface area contributed by atoms with Gasteiger partial charge in [-0.3, -0.25) is 4.99 Å². The third-order valence-electron chi connectivity index (χ3n) is 3.54. The molecule has 1 aromatic rings. The Kier molecular flexibility index (Phi) is 6.35. The van der Waals surface area contributed by atoms with Gasteiger partial charge in [0.1, 0.15) is 5.84 Å². The molecule has 0 saturated heterocycles. The zero-order valence-electron chi connectivity index (χ0n) is 12.7. The molecule has 0 spiro atoms. The Morgan fingerprint density at radius 1 is 1.14 bits per heavy atom. The summed E-state index contributed by atoms with van der Waals surface area (Å²) in [5, 5.41) is 3.17. The molecular formula is C15H24N4O2S. The van der Waals surface area contributed by atoms with Crippen molar-refractivity contribution in [2.75, 3.05) is 26.2 Å². The quantitative estimate of drug-likeness (QED) is 0.586. The lowest BCUT2D eigenvalue weighted by molar-refractivity contribution is 0.572. The minimum atomic E-state index is -3.43. The fourth-order valence-electron chi connectivity index (χ4n) is 2.30. The summed E-state index contributed by atoms with van der Waals surface area (Å²) in [6.07, 6.45) is 3.86. The lowest BCUT2D eigenvalue weighted by Gasteiger charge is -2.08. The molecule has 1 aliphatic heterocycles. The Balaban J connectivity index is 1.86. The Labute approximate surface area is 132 Å². The van der Waals surface area contributed by atoms with Gasteiger partial charge in [-0.25, -0.2) is 13.1 Å². The van der Waals surface area contributed by atoms with Crippen molar-refractivity contribution in [3.63, 3.8) is 0 Å². The standard InChI is InChI=1S/C15H24N4O2S/c16-9-3-1-2-4-10-19-22(20,21)14-7-5-13(6-8-14)15-17-11-12-18-15/h5-8,19H,1-4,9-12,16H2,(H,17,18). The highest BCUT2D eigenvalue weighted by Gasteiger charge is 2.14. The van der Waals surface area contributed by atoms with E-state index in [4.69, 9.17) is 5.73 Å². The van der Waals surface area contributed by atoms with Crippen LogP contribution >= 0.6 is 0 Å². The molecule has 0 fully saturated rings. The second-order valence-electron chi connectivity index (χ2n) is 5.28. The van der Waals surface area contributed by atoms with Gasteiger partial charge in [0.15, 0.2) is 0 Å². The summed E-state index contributed by atoms with van der Waals surface area (Å²) in [5.41, 5.74) is 6.34. The van der Waals surface area contributed by atoms with Crippen molar-refractivity contribution >= 4 is 15.9 Å². The molecule has 0 amide bonds. The molecule has 4 N–H and O–H groups in total. The van der Waals surface area contributed by atoms with E-state index in [0.29, 0.717) is 13.1 Å². The minimum Gasteiger partial charge on any atom is -0.368 e. The molecule has 122 valence electrons. The second-order valence-corrected chi connectivity index (χ2v) is 7.05. The van der Waals surface area contributed by atoms with E-state index in [1.54, 1.807) is 24.3 Å². The first kappa shape index (κ1) is 16.9. The predicted molar refractivity (Wildman–Crippen MR) is 88.6 cm³/mol. The van der Waals surface area contributed by atoms with Crippen LogP contribution in [-0.4, -0.2) is 40.4 Å². The normalized spacial score (nSPS) is 14.7. The number of sulfonamides is 1. The molecule has 0 radical (unpaired) electrons. The lowest BCUT2D eigenvalue weighted by Crippen LogP contribution is -2.25. The Morgan fingerprint density at radius 3 is 2.50 bits per heavy atom. The van der Waals surface area contributed by atoms with Gasteiger partial charge in [-0.15, -0.1) is 0 Å². The van der Waals surface area contributed by atoms with Gasteiger partial charge in [0.25, 0.3) is 0 Å². The largest absolute Gasteiger partial charge is 0.368 e. The number of unbranched alkanes of at least 4 members (excludes halogenated alkanes) is 3. The van der Waals surface area contributed by atoms with Gasteiger partial charge in [-0.05, 0) is 43.7 Å². The van der Waals surface area contributed by atoms with Crippen LogP contribution < -0.4 is 15.8 Å². The highest BCUT2D eigenvalue weighted by Crippen LogP contribution is 2.12. The number of rotatable bonds is 9. The zero-order chi connectivity index (χ0) is 15.8. The predicted octanol–water partition coefficient (Wildman–Crippen LogP) is 0.834. The molecule has 0 aliphatic carbocycles. The first-order valence-electron chi connectivity index (χ1n) is 7.72. The molecule has 0 atom stereocenters. The van der Waals surface area contributed by atoms with Gasteiger partial charge in [0.05, 0.1) is 11.4 Å². The number of benzene rings is 1. The van der Waals surface area contributed by atoms with E-state index in [2.05, 4.69) is 15.0 Å². The SMILES string of the molecule is NCCCCCCNS(=O)(=O)c1ccc(C2=NCCN2)cc1. The van der Waals surface area contributed by atoms with Gasteiger partial charge in [0.2, 0.25) is 10.0 Å². The van der Waals surface area contributed by atoms with Gasteiger partial charge < -0.3 is 11.1 Å². The van der Waals surface area contributed by atoms with Crippen LogP contribution in [0.2, 0.25) is 0 Å². The molecule has 6 nitrogen and oxygen atoms in total. The number of nitrogens with zero attached hydrogens (tertiary/aromatic N) is 1. The Morgan fingerprint density at radius 2 is 1.86 bits per heavy atom. The fourth-order valence-corrected chi connectivity index (χ4v) is 3.37.